The molecule has 1 aliphatic carbocycles. The van der Waals surface area contributed by atoms with Crippen LogP contribution in [-0.4, -0.2) is 70.0 Å². The Morgan fingerprint density at radius 1 is 1.26 bits per heavy atom. The highest BCUT2D eigenvalue weighted by Crippen LogP contribution is 2.33. The lowest BCUT2D eigenvalue weighted by Crippen LogP contribution is -2.40. The van der Waals surface area contributed by atoms with Crippen LogP contribution in [0.5, 0.6) is 5.88 Å². The molecule has 0 spiro atoms. The molecule has 2 fully saturated rings. The standard InChI is InChI=1S/C24H31N7O3/c1-15(14-33-2)34-20-13-19(27-23(28-20)24(32)26-17-5-3-6-17)31-11-8-16(9-12-31)21-18-7-4-10-25-22(18)30-29-21/h4,7,10,13,15-17H,3,5-6,8-9,11-12,14H2,1-2H3,(H,26,32)(H,25,29,30)/t15-/m1/s1. The van der Waals surface area contributed by atoms with Gasteiger partial charge in [-0.1, -0.05) is 0 Å². The van der Waals surface area contributed by atoms with Crippen LogP contribution in [0.2, 0.25) is 0 Å². The molecule has 0 bridgehead atoms. The van der Waals surface area contributed by atoms with E-state index in [9.17, 15) is 4.79 Å². The second kappa shape index (κ2) is 9.92. The van der Waals surface area contributed by atoms with Crippen molar-refractivity contribution < 1.29 is 14.3 Å². The largest absolute Gasteiger partial charge is 0.472 e. The first-order valence-electron chi connectivity index (χ1n) is 12.0. The van der Waals surface area contributed by atoms with Crippen LogP contribution in [0.25, 0.3) is 11.0 Å². The number of nitrogens with one attached hydrogen (secondary N) is 2. The third kappa shape index (κ3) is 4.82. The summed E-state index contributed by atoms with van der Waals surface area (Å²) < 4.78 is 11.1. The molecule has 1 saturated heterocycles. The number of amides is 1. The molecule has 1 atom stereocenters. The van der Waals surface area contributed by atoms with Gasteiger partial charge in [0.2, 0.25) is 11.7 Å². The number of hydrogen-bond donors (Lipinski definition) is 2. The first-order chi connectivity index (χ1) is 16.6. The van der Waals surface area contributed by atoms with Gasteiger partial charge in [0.15, 0.2) is 5.65 Å². The van der Waals surface area contributed by atoms with Gasteiger partial charge in [0.25, 0.3) is 5.91 Å². The van der Waals surface area contributed by atoms with E-state index in [-0.39, 0.29) is 23.9 Å². The Morgan fingerprint density at radius 3 is 2.82 bits per heavy atom. The molecule has 1 aliphatic heterocycles. The van der Waals surface area contributed by atoms with Crippen molar-refractivity contribution in [2.45, 2.75) is 57.1 Å². The molecule has 5 rings (SSSR count). The number of carbonyl (C=O) groups excluding carboxylic acids is 1. The zero-order valence-corrected chi connectivity index (χ0v) is 19.7. The Labute approximate surface area is 198 Å². The van der Waals surface area contributed by atoms with Crippen molar-refractivity contribution in [1.82, 2.24) is 30.5 Å². The smallest absolute Gasteiger partial charge is 0.289 e. The molecular formula is C24H31N7O3. The highest BCUT2D eigenvalue weighted by Gasteiger charge is 2.27. The van der Waals surface area contributed by atoms with Crippen molar-refractivity contribution in [3.05, 3.63) is 35.9 Å². The number of anilines is 1. The van der Waals surface area contributed by atoms with Crippen molar-refractivity contribution in [1.29, 1.82) is 0 Å². The first kappa shape index (κ1) is 22.5. The number of fused-ring (bicyclic) bond motifs is 1. The number of pyridine rings is 1. The van der Waals surface area contributed by atoms with Crippen LogP contribution < -0.4 is 15.0 Å². The fourth-order valence-electron chi connectivity index (χ4n) is 4.59. The van der Waals surface area contributed by atoms with Crippen LogP contribution in [0.1, 0.15) is 61.3 Å². The number of carbonyl (C=O) groups is 1. The highest BCUT2D eigenvalue weighted by atomic mass is 16.5. The molecule has 0 radical (unpaired) electrons. The molecule has 34 heavy (non-hydrogen) atoms. The fourth-order valence-corrected chi connectivity index (χ4v) is 4.59. The molecular weight excluding hydrogens is 434 g/mol. The Balaban J connectivity index is 1.33. The average Bonchev–Trinajstić information content (AvgIpc) is 3.25. The van der Waals surface area contributed by atoms with Crippen molar-refractivity contribution in [3.63, 3.8) is 0 Å². The summed E-state index contributed by atoms with van der Waals surface area (Å²) in [5.74, 6) is 1.37. The Kier molecular flexibility index (Phi) is 6.57. The maximum Gasteiger partial charge on any atom is 0.289 e. The maximum atomic E-state index is 12.8. The number of aromatic amines is 1. The summed E-state index contributed by atoms with van der Waals surface area (Å²) in [6, 6.07) is 6.04. The minimum absolute atomic E-state index is 0.150. The quantitative estimate of drug-likeness (QED) is 0.521. The molecule has 2 N–H and O–H groups in total. The topological polar surface area (TPSA) is 118 Å². The van der Waals surface area contributed by atoms with Gasteiger partial charge in [0, 0.05) is 55.5 Å². The van der Waals surface area contributed by atoms with Gasteiger partial charge in [-0.25, -0.2) is 9.97 Å². The van der Waals surface area contributed by atoms with Gasteiger partial charge in [-0.2, -0.15) is 10.1 Å². The number of hydrogen-bond acceptors (Lipinski definition) is 8. The summed E-state index contributed by atoms with van der Waals surface area (Å²) in [4.78, 5) is 28.4. The van der Waals surface area contributed by atoms with Crippen LogP contribution in [0.3, 0.4) is 0 Å². The van der Waals surface area contributed by atoms with E-state index in [4.69, 9.17) is 9.47 Å². The van der Waals surface area contributed by atoms with Crippen molar-refractivity contribution in [2.24, 2.45) is 0 Å². The van der Waals surface area contributed by atoms with E-state index in [1.807, 2.05) is 19.1 Å². The molecule has 0 aromatic carbocycles. The summed E-state index contributed by atoms with van der Waals surface area (Å²) in [7, 11) is 1.63. The van der Waals surface area contributed by atoms with Gasteiger partial charge in [-0.3, -0.25) is 9.89 Å². The Morgan fingerprint density at radius 2 is 2.09 bits per heavy atom. The van der Waals surface area contributed by atoms with Gasteiger partial charge < -0.3 is 19.7 Å². The number of rotatable bonds is 8. The van der Waals surface area contributed by atoms with Gasteiger partial charge in [-0.15, -0.1) is 0 Å². The highest BCUT2D eigenvalue weighted by molar-refractivity contribution is 5.91. The lowest BCUT2D eigenvalue weighted by molar-refractivity contribution is 0.0860. The second-order valence-electron chi connectivity index (χ2n) is 9.15. The van der Waals surface area contributed by atoms with E-state index in [0.717, 1.165) is 61.9 Å². The van der Waals surface area contributed by atoms with Crippen LogP contribution in [0.4, 0.5) is 5.82 Å². The van der Waals surface area contributed by atoms with E-state index < -0.39 is 0 Å². The lowest BCUT2D eigenvalue weighted by Gasteiger charge is -2.33. The van der Waals surface area contributed by atoms with E-state index in [0.29, 0.717) is 24.2 Å². The van der Waals surface area contributed by atoms with Crippen molar-refractivity contribution in [3.8, 4) is 5.88 Å². The minimum Gasteiger partial charge on any atom is -0.472 e. The number of aromatic nitrogens is 5. The third-order valence-corrected chi connectivity index (χ3v) is 6.64. The molecule has 10 nitrogen and oxygen atoms in total. The monoisotopic (exact) mass is 465 g/mol. The predicted octanol–water partition coefficient (Wildman–Crippen LogP) is 2.83. The van der Waals surface area contributed by atoms with Crippen LogP contribution in [-0.2, 0) is 4.74 Å². The normalized spacial score (nSPS) is 18.0. The summed E-state index contributed by atoms with van der Waals surface area (Å²) in [5.41, 5.74) is 1.90. The van der Waals surface area contributed by atoms with E-state index in [1.165, 1.54) is 0 Å². The van der Waals surface area contributed by atoms with Crippen LogP contribution in [0, 0.1) is 0 Å². The van der Waals surface area contributed by atoms with Crippen LogP contribution >= 0.6 is 0 Å². The van der Waals surface area contributed by atoms with E-state index in [1.54, 1.807) is 13.3 Å². The number of ether oxygens (including phenoxy) is 2. The number of H-pyrrole nitrogens is 1. The van der Waals surface area contributed by atoms with Crippen LogP contribution in [0.15, 0.2) is 24.4 Å². The summed E-state index contributed by atoms with van der Waals surface area (Å²) in [6.45, 7) is 3.95. The zero-order chi connectivity index (χ0) is 23.5. The van der Waals surface area contributed by atoms with E-state index in [2.05, 4.69) is 41.4 Å². The zero-order valence-electron chi connectivity index (χ0n) is 19.7. The van der Waals surface area contributed by atoms with Crippen molar-refractivity contribution >= 4 is 22.8 Å². The SMILES string of the molecule is COC[C@@H](C)Oc1cc(N2CCC(c3[nH]nc4ncccc34)CC2)nc(C(=O)NC2CCC2)n1. The lowest BCUT2D eigenvalue weighted by atomic mass is 9.92. The molecule has 4 heterocycles. The molecule has 1 amide bonds. The third-order valence-electron chi connectivity index (χ3n) is 6.64. The number of nitrogens with zero attached hydrogens (tertiary/aromatic N) is 5. The van der Waals surface area contributed by atoms with Gasteiger partial charge in [0.05, 0.1) is 6.61 Å². The summed E-state index contributed by atoms with van der Waals surface area (Å²) >= 11 is 0. The molecule has 0 unspecified atom stereocenters. The van der Waals surface area contributed by atoms with Crippen molar-refractivity contribution in [2.75, 3.05) is 31.7 Å². The summed E-state index contributed by atoms with van der Waals surface area (Å²) in [6.07, 6.45) is 6.60. The first-order valence-corrected chi connectivity index (χ1v) is 12.0. The molecule has 1 saturated carbocycles. The predicted molar refractivity (Wildman–Crippen MR) is 127 cm³/mol. The number of piperidine rings is 1. The fraction of sp³-hybridized carbons (Fsp3) is 0.542. The Bertz CT molecular complexity index is 1140. The summed E-state index contributed by atoms with van der Waals surface area (Å²) in [5, 5.41) is 11.7. The second-order valence-corrected chi connectivity index (χ2v) is 9.15. The van der Waals surface area contributed by atoms with E-state index >= 15 is 0 Å². The Hall–Kier alpha value is -3.27. The average molecular weight is 466 g/mol. The molecule has 3 aromatic rings. The molecule has 180 valence electrons. The maximum absolute atomic E-state index is 12.8. The van der Waals surface area contributed by atoms with Gasteiger partial charge >= 0.3 is 0 Å². The van der Waals surface area contributed by atoms with Gasteiger partial charge in [-0.05, 0) is 51.2 Å². The molecule has 10 heteroatoms. The number of methoxy groups -OCH3 is 1. The van der Waals surface area contributed by atoms with Gasteiger partial charge in [0.1, 0.15) is 11.9 Å². The minimum atomic E-state index is -0.248. The molecule has 3 aromatic heterocycles. The molecule has 2 aliphatic rings.